The molecule has 0 atom stereocenters. The van der Waals surface area contributed by atoms with Crippen LogP contribution in [0.4, 0.5) is 0 Å². The molecule has 0 aromatic heterocycles. The second-order valence-corrected chi connectivity index (χ2v) is 6.03. The van der Waals surface area contributed by atoms with Crippen LogP contribution in [0.3, 0.4) is 0 Å². The zero-order chi connectivity index (χ0) is 18.4. The van der Waals surface area contributed by atoms with Gasteiger partial charge < -0.3 is 9.64 Å². The van der Waals surface area contributed by atoms with E-state index in [4.69, 9.17) is 4.74 Å². The Bertz CT molecular complexity index is 794. The van der Waals surface area contributed by atoms with E-state index < -0.39 is 0 Å². The summed E-state index contributed by atoms with van der Waals surface area (Å²) in [6.07, 6.45) is 3.19. The van der Waals surface area contributed by atoms with Gasteiger partial charge in [0.05, 0.1) is 0 Å². The van der Waals surface area contributed by atoms with Gasteiger partial charge in [-0.3, -0.25) is 9.59 Å². The first-order valence-corrected chi connectivity index (χ1v) is 8.14. The average Bonchev–Trinajstić information content (AvgIpc) is 2.58. The van der Waals surface area contributed by atoms with Crippen LogP contribution in [-0.4, -0.2) is 23.8 Å². The maximum atomic E-state index is 12.3. The van der Waals surface area contributed by atoms with Crippen LogP contribution in [0.15, 0.2) is 48.5 Å². The van der Waals surface area contributed by atoms with Crippen LogP contribution in [0.1, 0.15) is 29.2 Å². The van der Waals surface area contributed by atoms with Crippen LogP contribution in [0, 0.1) is 13.8 Å². The molecule has 0 saturated carbocycles. The lowest BCUT2D eigenvalue weighted by atomic mass is 10.0. The number of nitrogens with zero attached hydrogens (tertiary/aromatic N) is 1. The highest BCUT2D eigenvalue weighted by atomic mass is 16.5. The molecule has 0 radical (unpaired) electrons. The SMILES string of the molecule is CC(=O)Oc1c(/C=C\C(=O)N(C)Cc2ccccc2)ccc(C)c1C. The third-order valence-corrected chi connectivity index (χ3v) is 4.00. The van der Waals surface area contributed by atoms with Crippen LogP contribution in [-0.2, 0) is 16.1 Å². The molecule has 0 fully saturated rings. The van der Waals surface area contributed by atoms with Gasteiger partial charge in [0.25, 0.3) is 0 Å². The van der Waals surface area contributed by atoms with E-state index in [0.717, 1.165) is 16.7 Å². The van der Waals surface area contributed by atoms with Crippen LogP contribution in [0.25, 0.3) is 6.08 Å². The van der Waals surface area contributed by atoms with E-state index in [1.165, 1.54) is 13.0 Å². The number of ether oxygens (including phenoxy) is 1. The summed E-state index contributed by atoms with van der Waals surface area (Å²) in [5, 5.41) is 0. The van der Waals surface area contributed by atoms with E-state index in [9.17, 15) is 9.59 Å². The Hall–Kier alpha value is -2.88. The summed E-state index contributed by atoms with van der Waals surface area (Å²) in [7, 11) is 1.76. The molecule has 130 valence electrons. The summed E-state index contributed by atoms with van der Waals surface area (Å²) in [6, 6.07) is 13.6. The summed E-state index contributed by atoms with van der Waals surface area (Å²) < 4.78 is 5.33. The number of carbonyl (C=O) groups excluding carboxylic acids is 2. The molecular weight excluding hydrogens is 314 g/mol. The lowest BCUT2D eigenvalue weighted by molar-refractivity contribution is -0.132. The molecule has 4 heteroatoms. The van der Waals surface area contributed by atoms with Gasteiger partial charge in [-0.1, -0.05) is 42.5 Å². The van der Waals surface area contributed by atoms with Crippen molar-refractivity contribution in [3.8, 4) is 5.75 Å². The van der Waals surface area contributed by atoms with Crippen molar-refractivity contribution in [3.63, 3.8) is 0 Å². The second-order valence-electron chi connectivity index (χ2n) is 6.03. The van der Waals surface area contributed by atoms with Crippen molar-refractivity contribution in [2.24, 2.45) is 0 Å². The van der Waals surface area contributed by atoms with Crippen LogP contribution in [0.2, 0.25) is 0 Å². The molecule has 0 heterocycles. The Morgan fingerprint density at radius 2 is 1.76 bits per heavy atom. The fourth-order valence-corrected chi connectivity index (χ4v) is 2.45. The van der Waals surface area contributed by atoms with Crippen molar-refractivity contribution in [1.29, 1.82) is 0 Å². The van der Waals surface area contributed by atoms with Crippen LogP contribution < -0.4 is 4.74 Å². The molecule has 0 aliphatic carbocycles. The molecule has 4 nitrogen and oxygen atoms in total. The van der Waals surface area contributed by atoms with E-state index in [0.29, 0.717) is 17.9 Å². The third kappa shape index (κ3) is 5.05. The first-order valence-electron chi connectivity index (χ1n) is 8.14. The first kappa shape index (κ1) is 18.5. The largest absolute Gasteiger partial charge is 0.426 e. The maximum Gasteiger partial charge on any atom is 0.308 e. The van der Waals surface area contributed by atoms with Crippen molar-refractivity contribution < 1.29 is 14.3 Å². The van der Waals surface area contributed by atoms with Crippen LogP contribution in [0.5, 0.6) is 5.75 Å². The molecule has 0 aliphatic heterocycles. The highest BCUT2D eigenvalue weighted by molar-refractivity contribution is 5.92. The molecule has 2 rings (SSSR count). The average molecular weight is 337 g/mol. The number of hydrogen-bond acceptors (Lipinski definition) is 3. The van der Waals surface area contributed by atoms with Gasteiger partial charge in [0.1, 0.15) is 5.75 Å². The van der Waals surface area contributed by atoms with E-state index in [-0.39, 0.29) is 11.9 Å². The Kier molecular flexibility index (Phi) is 6.12. The number of esters is 1. The first-order chi connectivity index (χ1) is 11.9. The minimum absolute atomic E-state index is 0.115. The van der Waals surface area contributed by atoms with Gasteiger partial charge in [-0.15, -0.1) is 0 Å². The van der Waals surface area contributed by atoms with Crippen molar-refractivity contribution in [3.05, 3.63) is 70.8 Å². The predicted octanol–water partition coefficient (Wildman–Crippen LogP) is 3.90. The second kappa shape index (κ2) is 8.29. The van der Waals surface area contributed by atoms with Crippen LogP contribution >= 0.6 is 0 Å². The summed E-state index contributed by atoms with van der Waals surface area (Å²) in [6.45, 7) is 5.75. The fraction of sp³-hybridized carbons (Fsp3) is 0.238. The van der Waals surface area contributed by atoms with Crippen molar-refractivity contribution in [1.82, 2.24) is 4.90 Å². The number of carbonyl (C=O) groups is 2. The molecule has 0 aliphatic rings. The normalized spacial score (nSPS) is 10.7. The molecular formula is C21H23NO3. The third-order valence-electron chi connectivity index (χ3n) is 4.00. The summed E-state index contributed by atoms with van der Waals surface area (Å²) in [4.78, 5) is 25.3. The number of rotatable bonds is 5. The van der Waals surface area contributed by atoms with E-state index in [1.807, 2.05) is 56.3 Å². The van der Waals surface area contributed by atoms with Crippen molar-refractivity contribution in [2.75, 3.05) is 7.05 Å². The van der Waals surface area contributed by atoms with Gasteiger partial charge in [-0.25, -0.2) is 0 Å². The Balaban J connectivity index is 2.16. The molecule has 0 spiro atoms. The lowest BCUT2D eigenvalue weighted by Crippen LogP contribution is -2.24. The number of benzene rings is 2. The summed E-state index contributed by atoms with van der Waals surface area (Å²) in [5.41, 5.74) is 3.70. The Morgan fingerprint density at radius 1 is 1.08 bits per heavy atom. The van der Waals surface area contributed by atoms with E-state index in [1.54, 1.807) is 18.0 Å². The number of hydrogen-bond donors (Lipinski definition) is 0. The zero-order valence-corrected chi connectivity index (χ0v) is 15.1. The lowest BCUT2D eigenvalue weighted by Gasteiger charge is -2.15. The molecule has 25 heavy (non-hydrogen) atoms. The zero-order valence-electron chi connectivity index (χ0n) is 15.1. The van der Waals surface area contributed by atoms with Gasteiger partial charge in [0, 0.05) is 32.2 Å². The molecule has 1 amide bonds. The minimum Gasteiger partial charge on any atom is -0.426 e. The van der Waals surface area contributed by atoms with Gasteiger partial charge in [-0.2, -0.15) is 0 Å². The number of amides is 1. The predicted molar refractivity (Wildman–Crippen MR) is 99.2 cm³/mol. The van der Waals surface area contributed by atoms with Gasteiger partial charge in [0.2, 0.25) is 5.91 Å². The highest BCUT2D eigenvalue weighted by Gasteiger charge is 2.11. The van der Waals surface area contributed by atoms with Gasteiger partial charge >= 0.3 is 5.97 Å². The minimum atomic E-state index is -0.379. The molecule has 0 saturated heterocycles. The Labute approximate surface area is 148 Å². The smallest absolute Gasteiger partial charge is 0.308 e. The molecule has 2 aromatic rings. The fourth-order valence-electron chi connectivity index (χ4n) is 2.45. The molecule has 0 bridgehead atoms. The monoisotopic (exact) mass is 337 g/mol. The Morgan fingerprint density at radius 3 is 2.40 bits per heavy atom. The number of aryl methyl sites for hydroxylation is 1. The summed E-state index contributed by atoms with van der Waals surface area (Å²) >= 11 is 0. The summed E-state index contributed by atoms with van der Waals surface area (Å²) in [5.74, 6) is 0.00832. The van der Waals surface area contributed by atoms with Crippen molar-refractivity contribution >= 4 is 18.0 Å². The topological polar surface area (TPSA) is 46.6 Å². The van der Waals surface area contributed by atoms with E-state index in [2.05, 4.69) is 0 Å². The standard InChI is InChI=1S/C21H23NO3/c1-15-10-11-19(21(16(15)2)25-17(3)23)12-13-20(24)22(4)14-18-8-6-5-7-9-18/h5-13H,14H2,1-4H3/b13-12-. The maximum absolute atomic E-state index is 12.3. The van der Waals surface area contributed by atoms with Crippen molar-refractivity contribution in [2.45, 2.75) is 27.3 Å². The highest BCUT2D eigenvalue weighted by Crippen LogP contribution is 2.27. The number of likely N-dealkylation sites (N-methyl/N-ethyl adjacent to an activating group) is 1. The molecule has 2 aromatic carbocycles. The molecule has 0 unspecified atom stereocenters. The quantitative estimate of drug-likeness (QED) is 0.472. The van der Waals surface area contributed by atoms with E-state index >= 15 is 0 Å². The van der Waals surface area contributed by atoms with Gasteiger partial charge in [-0.05, 0) is 36.6 Å². The molecule has 0 N–H and O–H groups in total. The van der Waals surface area contributed by atoms with Gasteiger partial charge in [0.15, 0.2) is 0 Å².